The molecule has 0 aliphatic heterocycles. The second kappa shape index (κ2) is 8.31. The van der Waals surface area contributed by atoms with E-state index in [1.165, 1.54) is 39.3 Å². The molecule has 7 nitrogen and oxygen atoms in total. The zero-order chi connectivity index (χ0) is 20.2. The third-order valence-electron chi connectivity index (χ3n) is 3.58. The monoisotopic (exact) mass is 400 g/mol. The van der Waals surface area contributed by atoms with Crippen molar-refractivity contribution in [1.29, 1.82) is 0 Å². The standard InChI is InChI=1S/C17H18F2N2O5S/c1-10(17(22)20-14-8-11(18)4-6-13(14)19)21-27(23,24)12-5-7-15(25-2)16(9-12)26-3/h4-10,21H,1-3H3,(H,20,22)/t10-/m0/s1. The maximum Gasteiger partial charge on any atom is 0.242 e. The molecule has 146 valence electrons. The van der Waals surface area contributed by atoms with Gasteiger partial charge in [-0.1, -0.05) is 0 Å². The number of halogens is 2. The van der Waals surface area contributed by atoms with Crippen LogP contribution in [0.1, 0.15) is 6.92 Å². The molecule has 10 heteroatoms. The topological polar surface area (TPSA) is 93.7 Å². The van der Waals surface area contributed by atoms with Crippen LogP contribution >= 0.6 is 0 Å². The predicted octanol–water partition coefficient (Wildman–Crippen LogP) is 2.29. The van der Waals surface area contributed by atoms with Crippen LogP contribution in [0.15, 0.2) is 41.3 Å². The van der Waals surface area contributed by atoms with Crippen molar-refractivity contribution < 1.29 is 31.5 Å². The molecule has 0 heterocycles. The van der Waals surface area contributed by atoms with Crippen molar-refractivity contribution in [3.63, 3.8) is 0 Å². The van der Waals surface area contributed by atoms with Crippen LogP contribution in [0.4, 0.5) is 14.5 Å². The van der Waals surface area contributed by atoms with Gasteiger partial charge in [-0.2, -0.15) is 4.72 Å². The van der Waals surface area contributed by atoms with Gasteiger partial charge in [0.05, 0.1) is 30.8 Å². The molecule has 1 atom stereocenters. The van der Waals surface area contributed by atoms with Gasteiger partial charge in [0, 0.05) is 12.1 Å². The molecule has 0 radical (unpaired) electrons. The number of hydrogen-bond donors (Lipinski definition) is 2. The molecule has 2 N–H and O–H groups in total. The van der Waals surface area contributed by atoms with Crippen molar-refractivity contribution in [2.24, 2.45) is 0 Å². The molecule has 0 fully saturated rings. The van der Waals surface area contributed by atoms with E-state index in [1.54, 1.807) is 0 Å². The minimum absolute atomic E-state index is 0.156. The smallest absolute Gasteiger partial charge is 0.242 e. The van der Waals surface area contributed by atoms with Crippen molar-refractivity contribution >= 4 is 21.6 Å². The van der Waals surface area contributed by atoms with Crippen LogP contribution in [0.3, 0.4) is 0 Å². The zero-order valence-corrected chi connectivity index (χ0v) is 15.6. The molecular formula is C17H18F2N2O5S. The van der Waals surface area contributed by atoms with Crippen LogP contribution in [0.5, 0.6) is 11.5 Å². The summed E-state index contributed by atoms with van der Waals surface area (Å²) >= 11 is 0. The van der Waals surface area contributed by atoms with Gasteiger partial charge in [0.1, 0.15) is 11.6 Å². The molecule has 2 aromatic rings. The number of anilines is 1. The molecular weight excluding hydrogens is 382 g/mol. The number of benzene rings is 2. The first-order valence-electron chi connectivity index (χ1n) is 7.68. The van der Waals surface area contributed by atoms with Gasteiger partial charge in [-0.05, 0) is 31.2 Å². The Morgan fingerprint density at radius 2 is 1.70 bits per heavy atom. The lowest BCUT2D eigenvalue weighted by Gasteiger charge is -2.16. The van der Waals surface area contributed by atoms with Crippen molar-refractivity contribution in [2.75, 3.05) is 19.5 Å². The van der Waals surface area contributed by atoms with E-state index in [0.29, 0.717) is 5.75 Å². The average Bonchev–Trinajstić information content (AvgIpc) is 2.63. The summed E-state index contributed by atoms with van der Waals surface area (Å²) in [5, 5.41) is 2.14. The molecule has 0 aliphatic rings. The lowest BCUT2D eigenvalue weighted by molar-refractivity contribution is -0.117. The van der Waals surface area contributed by atoms with E-state index in [0.717, 1.165) is 18.2 Å². The van der Waals surface area contributed by atoms with Gasteiger partial charge in [0.15, 0.2) is 11.5 Å². The van der Waals surface area contributed by atoms with E-state index < -0.39 is 39.3 Å². The van der Waals surface area contributed by atoms with E-state index in [-0.39, 0.29) is 10.6 Å². The fourth-order valence-corrected chi connectivity index (χ4v) is 3.39. The number of carbonyl (C=O) groups is 1. The molecule has 27 heavy (non-hydrogen) atoms. The average molecular weight is 400 g/mol. The van der Waals surface area contributed by atoms with E-state index in [4.69, 9.17) is 9.47 Å². The second-order valence-corrected chi connectivity index (χ2v) is 7.19. The number of methoxy groups -OCH3 is 2. The molecule has 0 aliphatic carbocycles. The van der Waals surface area contributed by atoms with Crippen LogP contribution < -0.4 is 19.5 Å². The number of carbonyl (C=O) groups excluding carboxylic acids is 1. The number of sulfonamides is 1. The summed E-state index contributed by atoms with van der Waals surface area (Å²) in [6, 6.07) is 5.20. The number of amides is 1. The number of ether oxygens (including phenoxy) is 2. The Balaban J connectivity index is 2.17. The number of nitrogens with one attached hydrogen (secondary N) is 2. The molecule has 0 saturated carbocycles. The van der Waals surface area contributed by atoms with E-state index in [1.807, 2.05) is 0 Å². The van der Waals surface area contributed by atoms with Crippen molar-refractivity contribution in [2.45, 2.75) is 17.9 Å². The first kappa shape index (κ1) is 20.6. The van der Waals surface area contributed by atoms with Crippen LogP contribution in [-0.4, -0.2) is 34.6 Å². The van der Waals surface area contributed by atoms with Gasteiger partial charge in [0.25, 0.3) is 0 Å². The van der Waals surface area contributed by atoms with E-state index in [9.17, 15) is 22.0 Å². The van der Waals surface area contributed by atoms with Crippen LogP contribution in [0.25, 0.3) is 0 Å². The highest BCUT2D eigenvalue weighted by molar-refractivity contribution is 7.89. The van der Waals surface area contributed by atoms with E-state index >= 15 is 0 Å². The fourth-order valence-electron chi connectivity index (χ4n) is 2.17. The fraction of sp³-hybridized carbons (Fsp3) is 0.235. The minimum atomic E-state index is -4.09. The van der Waals surface area contributed by atoms with Gasteiger partial charge in [-0.25, -0.2) is 17.2 Å². The van der Waals surface area contributed by atoms with Gasteiger partial charge in [-0.3, -0.25) is 4.79 Å². The van der Waals surface area contributed by atoms with Gasteiger partial charge in [0.2, 0.25) is 15.9 Å². The first-order chi connectivity index (χ1) is 12.7. The normalized spacial score (nSPS) is 12.3. The van der Waals surface area contributed by atoms with Crippen molar-refractivity contribution in [1.82, 2.24) is 4.72 Å². The van der Waals surface area contributed by atoms with Gasteiger partial charge in [-0.15, -0.1) is 0 Å². The number of hydrogen-bond acceptors (Lipinski definition) is 5. The summed E-state index contributed by atoms with van der Waals surface area (Å²) in [5.74, 6) is -1.92. The highest BCUT2D eigenvalue weighted by atomic mass is 32.2. The highest BCUT2D eigenvalue weighted by Gasteiger charge is 2.24. The van der Waals surface area contributed by atoms with Crippen LogP contribution in [-0.2, 0) is 14.8 Å². The second-order valence-electron chi connectivity index (χ2n) is 5.47. The maximum absolute atomic E-state index is 13.6. The lowest BCUT2D eigenvalue weighted by Crippen LogP contribution is -2.41. The molecule has 2 rings (SSSR count). The van der Waals surface area contributed by atoms with Gasteiger partial charge < -0.3 is 14.8 Å². The summed E-state index contributed by atoms with van der Waals surface area (Å²) in [7, 11) is -1.33. The Morgan fingerprint density at radius 1 is 1.04 bits per heavy atom. The Hall–Kier alpha value is -2.72. The van der Waals surface area contributed by atoms with Crippen LogP contribution in [0, 0.1) is 11.6 Å². The molecule has 0 saturated heterocycles. The zero-order valence-electron chi connectivity index (χ0n) is 14.7. The molecule has 2 aromatic carbocycles. The molecule has 0 bridgehead atoms. The third-order valence-corrected chi connectivity index (χ3v) is 5.12. The van der Waals surface area contributed by atoms with E-state index in [2.05, 4.69) is 10.0 Å². The van der Waals surface area contributed by atoms with Crippen LogP contribution in [0.2, 0.25) is 0 Å². The molecule has 0 spiro atoms. The maximum atomic E-state index is 13.6. The lowest BCUT2D eigenvalue weighted by atomic mass is 10.2. The molecule has 1 amide bonds. The summed E-state index contributed by atoms with van der Waals surface area (Å²) in [6.07, 6.45) is 0. The first-order valence-corrected chi connectivity index (χ1v) is 9.16. The van der Waals surface area contributed by atoms with Crippen molar-refractivity contribution in [3.8, 4) is 11.5 Å². The molecule has 0 aromatic heterocycles. The minimum Gasteiger partial charge on any atom is -0.493 e. The highest BCUT2D eigenvalue weighted by Crippen LogP contribution is 2.29. The summed E-state index contributed by atoms with van der Waals surface area (Å²) in [4.78, 5) is 12.0. The Bertz CT molecular complexity index is 950. The Morgan fingerprint density at radius 3 is 2.33 bits per heavy atom. The quantitative estimate of drug-likeness (QED) is 0.744. The Kier molecular flexibility index (Phi) is 6.34. The summed E-state index contributed by atoms with van der Waals surface area (Å²) in [5.41, 5.74) is -0.392. The third kappa shape index (κ3) is 4.92. The summed E-state index contributed by atoms with van der Waals surface area (Å²) in [6.45, 7) is 1.27. The SMILES string of the molecule is COc1ccc(S(=O)(=O)N[C@@H](C)C(=O)Nc2cc(F)ccc2F)cc1OC. The number of rotatable bonds is 7. The largest absolute Gasteiger partial charge is 0.493 e. The van der Waals surface area contributed by atoms with Crippen molar-refractivity contribution in [3.05, 3.63) is 48.0 Å². The van der Waals surface area contributed by atoms with Gasteiger partial charge >= 0.3 is 0 Å². The predicted molar refractivity (Wildman–Crippen MR) is 94.3 cm³/mol. The summed E-state index contributed by atoms with van der Waals surface area (Å²) < 4.78 is 64.0. The molecule has 0 unspecified atom stereocenters. The Labute approximate surface area is 155 Å².